The van der Waals surface area contributed by atoms with Crippen LogP contribution in [0.15, 0.2) is 69.6 Å². The molecule has 0 aliphatic carbocycles. The van der Waals surface area contributed by atoms with Crippen molar-refractivity contribution in [2.45, 2.75) is 19.6 Å². The van der Waals surface area contributed by atoms with Gasteiger partial charge in [-0.05, 0) is 48.9 Å². The molecule has 3 aromatic rings. The van der Waals surface area contributed by atoms with E-state index in [2.05, 4.69) is 26.0 Å². The molecule has 30 heavy (non-hydrogen) atoms. The van der Waals surface area contributed by atoms with E-state index in [0.29, 0.717) is 22.8 Å². The van der Waals surface area contributed by atoms with Crippen LogP contribution in [0, 0.1) is 0 Å². The lowest BCUT2D eigenvalue weighted by molar-refractivity contribution is 0.0908. The maximum Gasteiger partial charge on any atom is 0.287 e. The lowest BCUT2D eigenvalue weighted by Crippen LogP contribution is -2.27. The zero-order chi connectivity index (χ0) is 21.7. The summed E-state index contributed by atoms with van der Waals surface area (Å²) in [6.45, 7) is 1.95. The minimum absolute atomic E-state index is 0.142. The lowest BCUT2D eigenvalue weighted by Gasteiger charge is -2.17. The van der Waals surface area contributed by atoms with Gasteiger partial charge in [-0.1, -0.05) is 40.2 Å². The molecule has 158 valence electrons. The maximum atomic E-state index is 12.6. The largest absolute Gasteiger partial charge is 0.486 e. The van der Waals surface area contributed by atoms with E-state index in [1.54, 1.807) is 43.3 Å². The molecule has 7 nitrogen and oxygen atoms in total. The van der Waals surface area contributed by atoms with Crippen LogP contribution in [0.3, 0.4) is 0 Å². The van der Waals surface area contributed by atoms with Crippen LogP contribution in [0.1, 0.15) is 34.8 Å². The van der Waals surface area contributed by atoms with Gasteiger partial charge in [0.1, 0.15) is 18.1 Å². The number of hydrogen-bond donors (Lipinski definition) is 2. The van der Waals surface area contributed by atoms with Crippen molar-refractivity contribution in [1.29, 1.82) is 0 Å². The molecule has 1 aromatic heterocycles. The average Bonchev–Trinajstić information content (AvgIpc) is 3.15. The van der Waals surface area contributed by atoms with Crippen LogP contribution in [0.2, 0.25) is 0 Å². The quantitative estimate of drug-likeness (QED) is 0.482. The number of furan rings is 1. The van der Waals surface area contributed by atoms with E-state index < -0.39 is 22.0 Å². The predicted octanol–water partition coefficient (Wildman–Crippen LogP) is 4.48. The third kappa shape index (κ3) is 6.11. The van der Waals surface area contributed by atoms with Crippen molar-refractivity contribution >= 4 is 37.5 Å². The molecule has 0 aliphatic heterocycles. The summed E-state index contributed by atoms with van der Waals surface area (Å²) in [5, 5.41) is 2.82. The normalized spacial score (nSPS) is 12.2. The summed E-state index contributed by atoms with van der Waals surface area (Å²) < 4.78 is 37.8. The fourth-order valence-electron chi connectivity index (χ4n) is 2.80. The van der Waals surface area contributed by atoms with E-state index in [1.807, 2.05) is 24.3 Å². The minimum atomic E-state index is -3.44. The number of para-hydroxylation sites is 1. The Labute approximate surface area is 183 Å². The summed E-state index contributed by atoms with van der Waals surface area (Å²) >= 11 is 3.38. The van der Waals surface area contributed by atoms with Crippen LogP contribution >= 0.6 is 15.9 Å². The van der Waals surface area contributed by atoms with E-state index in [9.17, 15) is 13.2 Å². The number of amides is 1. The minimum Gasteiger partial charge on any atom is -0.486 e. The molecule has 9 heteroatoms. The fraction of sp³-hybridized carbons (Fsp3) is 0.190. The van der Waals surface area contributed by atoms with Gasteiger partial charge in [-0.3, -0.25) is 9.52 Å². The van der Waals surface area contributed by atoms with E-state index in [0.717, 1.165) is 10.7 Å². The summed E-state index contributed by atoms with van der Waals surface area (Å²) in [7, 11) is -3.44. The molecule has 1 atom stereocenters. The molecule has 0 fully saturated rings. The Morgan fingerprint density at radius 1 is 1.13 bits per heavy atom. The molecule has 0 aliphatic rings. The number of carbonyl (C=O) groups is 1. The summed E-state index contributed by atoms with van der Waals surface area (Å²) in [4.78, 5) is 12.6. The molecule has 0 radical (unpaired) electrons. The lowest BCUT2D eigenvalue weighted by atomic mass is 10.1. The third-order valence-electron chi connectivity index (χ3n) is 4.13. The maximum absolute atomic E-state index is 12.6. The highest BCUT2D eigenvalue weighted by Crippen LogP contribution is 2.24. The second kappa shape index (κ2) is 9.36. The van der Waals surface area contributed by atoms with Crippen molar-refractivity contribution in [2.75, 3.05) is 11.0 Å². The molecule has 1 unspecified atom stereocenters. The van der Waals surface area contributed by atoms with Gasteiger partial charge in [-0.25, -0.2) is 8.42 Å². The molecule has 3 rings (SSSR count). The van der Waals surface area contributed by atoms with Gasteiger partial charge >= 0.3 is 0 Å². The molecule has 1 amide bonds. The highest BCUT2D eigenvalue weighted by Gasteiger charge is 2.18. The van der Waals surface area contributed by atoms with E-state index >= 15 is 0 Å². The topological polar surface area (TPSA) is 97.6 Å². The van der Waals surface area contributed by atoms with Crippen LogP contribution < -0.4 is 14.8 Å². The second-order valence-corrected chi connectivity index (χ2v) is 9.33. The van der Waals surface area contributed by atoms with Gasteiger partial charge in [-0.15, -0.1) is 0 Å². The van der Waals surface area contributed by atoms with Gasteiger partial charge in [0.2, 0.25) is 10.0 Å². The van der Waals surface area contributed by atoms with Crippen molar-refractivity contribution in [3.63, 3.8) is 0 Å². The van der Waals surface area contributed by atoms with Gasteiger partial charge in [0.05, 0.1) is 18.0 Å². The summed E-state index contributed by atoms with van der Waals surface area (Å²) in [6.07, 6.45) is 1.08. The number of rotatable bonds is 8. The van der Waals surface area contributed by atoms with Crippen molar-refractivity contribution in [1.82, 2.24) is 5.32 Å². The standard InChI is InChI=1S/C21H21BrN2O5S/c1-14(18-8-3-4-9-19(18)24-30(2,26)27)23-21(25)20-11-10-17(29-20)13-28-16-7-5-6-15(22)12-16/h3-12,14,24H,13H2,1-2H3,(H,23,25). The Bertz CT molecular complexity index is 1140. The predicted molar refractivity (Wildman–Crippen MR) is 118 cm³/mol. The zero-order valence-corrected chi connectivity index (χ0v) is 18.8. The van der Waals surface area contributed by atoms with Crippen molar-refractivity contribution in [2.24, 2.45) is 0 Å². The number of halogens is 1. The molecule has 1 heterocycles. The molecular weight excluding hydrogens is 472 g/mol. The van der Waals surface area contributed by atoms with Gasteiger partial charge in [0, 0.05) is 4.47 Å². The molecule has 2 N–H and O–H groups in total. The molecule has 0 saturated heterocycles. The first kappa shape index (κ1) is 21.9. The number of anilines is 1. The first-order valence-corrected chi connectivity index (χ1v) is 11.7. The molecule has 0 bridgehead atoms. The summed E-state index contributed by atoms with van der Waals surface area (Å²) in [5.41, 5.74) is 1.05. The summed E-state index contributed by atoms with van der Waals surface area (Å²) in [5.74, 6) is 0.913. The Morgan fingerprint density at radius 2 is 1.90 bits per heavy atom. The Morgan fingerprint density at radius 3 is 2.63 bits per heavy atom. The van der Waals surface area contributed by atoms with Gasteiger partial charge in [-0.2, -0.15) is 0 Å². The second-order valence-electron chi connectivity index (χ2n) is 6.67. The zero-order valence-electron chi connectivity index (χ0n) is 16.4. The summed E-state index contributed by atoms with van der Waals surface area (Å²) in [6, 6.07) is 17.1. The Kier molecular flexibility index (Phi) is 6.84. The Hall–Kier alpha value is -2.78. The van der Waals surface area contributed by atoms with Crippen LogP contribution in [0.5, 0.6) is 5.75 Å². The monoisotopic (exact) mass is 492 g/mol. The smallest absolute Gasteiger partial charge is 0.287 e. The third-order valence-corrected chi connectivity index (χ3v) is 5.22. The number of ether oxygens (including phenoxy) is 1. The van der Waals surface area contributed by atoms with Crippen molar-refractivity contribution < 1.29 is 22.4 Å². The number of nitrogens with one attached hydrogen (secondary N) is 2. The van der Waals surface area contributed by atoms with E-state index in [4.69, 9.17) is 9.15 Å². The van der Waals surface area contributed by atoms with Crippen LogP contribution in [0.4, 0.5) is 5.69 Å². The molecular formula is C21H21BrN2O5S. The molecule has 2 aromatic carbocycles. The highest BCUT2D eigenvalue weighted by atomic mass is 79.9. The first-order valence-electron chi connectivity index (χ1n) is 9.06. The van der Waals surface area contributed by atoms with Crippen LogP contribution in [-0.2, 0) is 16.6 Å². The number of benzene rings is 2. The van der Waals surface area contributed by atoms with Crippen LogP contribution in [0.25, 0.3) is 0 Å². The van der Waals surface area contributed by atoms with Crippen molar-refractivity contribution in [3.8, 4) is 5.75 Å². The number of hydrogen-bond acceptors (Lipinski definition) is 5. The Balaban J connectivity index is 1.64. The van der Waals surface area contributed by atoms with Gasteiger partial charge in [0.25, 0.3) is 5.91 Å². The van der Waals surface area contributed by atoms with Crippen LogP contribution in [-0.4, -0.2) is 20.6 Å². The molecule has 0 spiro atoms. The fourth-order valence-corrected chi connectivity index (χ4v) is 3.77. The highest BCUT2D eigenvalue weighted by molar-refractivity contribution is 9.10. The van der Waals surface area contributed by atoms with Gasteiger partial charge in [0.15, 0.2) is 5.76 Å². The SMILES string of the molecule is CC(NC(=O)c1ccc(COc2cccc(Br)c2)o1)c1ccccc1NS(C)(=O)=O. The van der Waals surface area contributed by atoms with E-state index in [1.165, 1.54) is 0 Å². The molecule has 0 saturated carbocycles. The number of carbonyl (C=O) groups excluding carboxylic acids is 1. The van der Waals surface area contributed by atoms with E-state index in [-0.39, 0.29) is 12.4 Å². The van der Waals surface area contributed by atoms with Crippen molar-refractivity contribution in [3.05, 3.63) is 82.2 Å². The average molecular weight is 493 g/mol. The first-order chi connectivity index (χ1) is 14.2. The van der Waals surface area contributed by atoms with Gasteiger partial charge < -0.3 is 14.5 Å². The number of sulfonamides is 1.